The number of rotatable bonds is 2. The molecule has 0 amide bonds. The molecular formula is C9H11N3O2S. The lowest BCUT2D eigenvalue weighted by molar-refractivity contribution is 0.601. The molecule has 1 aromatic rings. The summed E-state index contributed by atoms with van der Waals surface area (Å²) >= 11 is 0. The van der Waals surface area contributed by atoms with E-state index in [0.717, 1.165) is 6.26 Å². The van der Waals surface area contributed by atoms with Gasteiger partial charge in [-0.15, -0.1) is 0 Å². The second-order valence-corrected chi connectivity index (χ2v) is 5.28. The lowest BCUT2D eigenvalue weighted by Gasteiger charge is -2.11. The molecule has 0 aliphatic heterocycles. The van der Waals surface area contributed by atoms with Crippen molar-refractivity contribution in [3.63, 3.8) is 0 Å². The summed E-state index contributed by atoms with van der Waals surface area (Å²) < 4.78 is 22.6. The topological polar surface area (TPSA) is 74.1 Å². The van der Waals surface area contributed by atoms with Crippen LogP contribution >= 0.6 is 0 Å². The molecule has 0 spiro atoms. The van der Waals surface area contributed by atoms with Crippen LogP contribution in [0.15, 0.2) is 17.0 Å². The number of hydrogen-bond acceptors (Lipinski definition) is 5. The number of anilines is 1. The number of aromatic nitrogens is 1. The first-order valence-corrected chi connectivity index (χ1v) is 6.04. The van der Waals surface area contributed by atoms with Crippen LogP contribution in [0.5, 0.6) is 0 Å². The van der Waals surface area contributed by atoms with E-state index in [1.165, 1.54) is 6.07 Å². The van der Waals surface area contributed by atoms with E-state index >= 15 is 0 Å². The van der Waals surface area contributed by atoms with Crippen molar-refractivity contribution in [2.24, 2.45) is 0 Å². The first-order chi connectivity index (χ1) is 6.86. The van der Waals surface area contributed by atoms with Crippen LogP contribution in [0, 0.1) is 11.3 Å². The molecule has 0 saturated carbocycles. The summed E-state index contributed by atoms with van der Waals surface area (Å²) in [6, 6.07) is 4.75. The van der Waals surface area contributed by atoms with Crippen LogP contribution < -0.4 is 4.90 Å². The Balaban J connectivity index is 3.43. The van der Waals surface area contributed by atoms with Crippen LogP contribution in [0.2, 0.25) is 0 Å². The standard InChI is InChI=1S/C9H11N3O2S/c1-12(2)9-5-4-8(15(3,13)14)7(6-10)11-9/h4-5H,1-3H3. The van der Waals surface area contributed by atoms with Crippen LogP contribution in [0.3, 0.4) is 0 Å². The number of pyridine rings is 1. The Kier molecular flexibility index (Phi) is 2.95. The molecule has 0 N–H and O–H groups in total. The molecule has 1 aromatic heterocycles. The van der Waals surface area contributed by atoms with Crippen LogP contribution in [0.4, 0.5) is 5.82 Å². The zero-order valence-electron chi connectivity index (χ0n) is 8.72. The van der Waals surface area contributed by atoms with E-state index < -0.39 is 9.84 Å². The van der Waals surface area contributed by atoms with Crippen molar-refractivity contribution < 1.29 is 8.42 Å². The van der Waals surface area contributed by atoms with Gasteiger partial charge >= 0.3 is 0 Å². The van der Waals surface area contributed by atoms with Crippen molar-refractivity contribution in [2.45, 2.75) is 4.90 Å². The average molecular weight is 225 g/mol. The minimum atomic E-state index is -3.39. The Hall–Kier alpha value is -1.61. The monoisotopic (exact) mass is 225 g/mol. The Morgan fingerprint density at radius 1 is 1.40 bits per heavy atom. The maximum atomic E-state index is 11.3. The molecule has 0 bridgehead atoms. The van der Waals surface area contributed by atoms with Crippen molar-refractivity contribution in [1.82, 2.24) is 4.98 Å². The van der Waals surface area contributed by atoms with Crippen molar-refractivity contribution in [3.8, 4) is 6.07 Å². The zero-order valence-corrected chi connectivity index (χ0v) is 9.54. The van der Waals surface area contributed by atoms with Crippen molar-refractivity contribution >= 4 is 15.7 Å². The van der Waals surface area contributed by atoms with E-state index in [1.807, 2.05) is 0 Å². The molecule has 0 fully saturated rings. The fraction of sp³-hybridized carbons (Fsp3) is 0.333. The molecule has 5 nitrogen and oxygen atoms in total. The van der Waals surface area contributed by atoms with Gasteiger partial charge in [-0.1, -0.05) is 0 Å². The zero-order chi connectivity index (χ0) is 11.6. The lowest BCUT2D eigenvalue weighted by Crippen LogP contribution is -2.12. The highest BCUT2D eigenvalue weighted by Crippen LogP contribution is 2.17. The smallest absolute Gasteiger partial charge is 0.178 e. The Labute approximate surface area is 88.9 Å². The Morgan fingerprint density at radius 2 is 2.00 bits per heavy atom. The van der Waals surface area contributed by atoms with Crippen LogP contribution in [0.1, 0.15) is 5.69 Å². The van der Waals surface area contributed by atoms with Gasteiger partial charge in [-0.3, -0.25) is 0 Å². The van der Waals surface area contributed by atoms with Gasteiger partial charge in [0.25, 0.3) is 0 Å². The van der Waals surface area contributed by atoms with Gasteiger partial charge in [-0.2, -0.15) is 5.26 Å². The van der Waals surface area contributed by atoms with E-state index in [-0.39, 0.29) is 10.6 Å². The highest BCUT2D eigenvalue weighted by atomic mass is 32.2. The molecule has 0 radical (unpaired) electrons. The third-order valence-corrected chi connectivity index (χ3v) is 2.94. The SMILES string of the molecule is CN(C)c1ccc(S(C)(=O)=O)c(C#N)n1. The summed E-state index contributed by atoms with van der Waals surface area (Å²) in [6.45, 7) is 0. The highest BCUT2D eigenvalue weighted by Gasteiger charge is 2.15. The Bertz CT molecular complexity index is 515. The maximum Gasteiger partial charge on any atom is 0.178 e. The molecule has 6 heteroatoms. The van der Waals surface area contributed by atoms with Crippen molar-refractivity contribution in [3.05, 3.63) is 17.8 Å². The Morgan fingerprint density at radius 3 is 2.40 bits per heavy atom. The van der Waals surface area contributed by atoms with Crippen molar-refractivity contribution in [2.75, 3.05) is 25.3 Å². The lowest BCUT2D eigenvalue weighted by atomic mass is 10.3. The number of nitriles is 1. The number of nitrogens with zero attached hydrogens (tertiary/aromatic N) is 3. The van der Waals surface area contributed by atoms with E-state index in [0.29, 0.717) is 5.82 Å². The third-order valence-electron chi connectivity index (χ3n) is 1.81. The molecule has 0 saturated heterocycles. The maximum absolute atomic E-state index is 11.3. The van der Waals surface area contributed by atoms with Crippen LogP contribution in [0.25, 0.3) is 0 Å². The first kappa shape index (κ1) is 11.5. The summed E-state index contributed by atoms with van der Waals surface area (Å²) in [6.07, 6.45) is 1.06. The third kappa shape index (κ3) is 2.44. The van der Waals surface area contributed by atoms with Gasteiger partial charge in [0.2, 0.25) is 0 Å². The summed E-state index contributed by atoms with van der Waals surface area (Å²) in [4.78, 5) is 5.61. The van der Waals surface area contributed by atoms with E-state index in [4.69, 9.17) is 5.26 Å². The van der Waals surface area contributed by atoms with Gasteiger partial charge in [0.15, 0.2) is 15.5 Å². The minimum Gasteiger partial charge on any atom is -0.363 e. The fourth-order valence-electron chi connectivity index (χ4n) is 1.06. The van der Waals surface area contributed by atoms with E-state index in [2.05, 4.69) is 4.98 Å². The molecule has 0 unspecified atom stereocenters. The molecule has 0 aromatic carbocycles. The number of hydrogen-bond donors (Lipinski definition) is 0. The normalized spacial score (nSPS) is 10.8. The van der Waals surface area contributed by atoms with Gasteiger partial charge in [-0.05, 0) is 12.1 Å². The summed E-state index contributed by atoms with van der Waals surface area (Å²) in [5.74, 6) is 0.555. The summed E-state index contributed by atoms with van der Waals surface area (Å²) in [5.41, 5.74) is -0.0660. The minimum absolute atomic E-state index is 0.0319. The summed E-state index contributed by atoms with van der Waals surface area (Å²) in [5, 5.41) is 8.79. The van der Waals surface area contributed by atoms with Gasteiger partial charge in [0.1, 0.15) is 16.8 Å². The number of sulfone groups is 1. The highest BCUT2D eigenvalue weighted by molar-refractivity contribution is 7.90. The average Bonchev–Trinajstić information content (AvgIpc) is 2.15. The second kappa shape index (κ2) is 3.87. The molecule has 1 rings (SSSR count). The molecule has 0 aliphatic carbocycles. The molecular weight excluding hydrogens is 214 g/mol. The first-order valence-electron chi connectivity index (χ1n) is 4.15. The molecule has 0 atom stereocenters. The van der Waals surface area contributed by atoms with E-state index in [9.17, 15) is 8.42 Å². The van der Waals surface area contributed by atoms with Gasteiger partial charge in [-0.25, -0.2) is 13.4 Å². The molecule has 1 heterocycles. The summed E-state index contributed by atoms with van der Waals surface area (Å²) in [7, 11) is 0.143. The predicted molar refractivity (Wildman–Crippen MR) is 56.4 cm³/mol. The van der Waals surface area contributed by atoms with Crippen LogP contribution in [-0.2, 0) is 9.84 Å². The predicted octanol–water partition coefficient (Wildman–Crippen LogP) is 0.423. The second-order valence-electron chi connectivity index (χ2n) is 3.29. The molecule has 80 valence electrons. The van der Waals surface area contributed by atoms with Gasteiger partial charge in [0.05, 0.1) is 0 Å². The van der Waals surface area contributed by atoms with Gasteiger partial charge < -0.3 is 4.90 Å². The molecule has 15 heavy (non-hydrogen) atoms. The molecule has 0 aliphatic rings. The fourth-order valence-corrected chi connectivity index (χ4v) is 1.82. The van der Waals surface area contributed by atoms with Crippen LogP contribution in [-0.4, -0.2) is 33.8 Å². The van der Waals surface area contributed by atoms with E-state index in [1.54, 1.807) is 31.1 Å². The largest absolute Gasteiger partial charge is 0.363 e. The van der Waals surface area contributed by atoms with Crippen molar-refractivity contribution in [1.29, 1.82) is 5.26 Å². The quantitative estimate of drug-likeness (QED) is 0.729. The van der Waals surface area contributed by atoms with Gasteiger partial charge in [0, 0.05) is 20.4 Å².